The molecule has 1 aromatic rings. The van der Waals surface area contributed by atoms with Gasteiger partial charge in [0.15, 0.2) is 0 Å². The van der Waals surface area contributed by atoms with Crippen LogP contribution in [0.5, 0.6) is 5.75 Å². The molecule has 3 N–H and O–H groups in total. The van der Waals surface area contributed by atoms with Crippen molar-refractivity contribution >= 4 is 0 Å². The Balaban J connectivity index is 2.53. The largest absolute Gasteiger partial charge is 0.507 e. The van der Waals surface area contributed by atoms with E-state index in [1.54, 1.807) is 0 Å². The SMILES string of the molecule is Cc1cc(C)c(O)c(C2(C(C)N)CC2)c1. The van der Waals surface area contributed by atoms with Gasteiger partial charge in [0.2, 0.25) is 0 Å². The zero-order valence-corrected chi connectivity index (χ0v) is 9.67. The molecule has 0 heterocycles. The lowest BCUT2D eigenvalue weighted by molar-refractivity contribution is 0.442. The molecule has 1 fully saturated rings. The Morgan fingerprint density at radius 1 is 1.33 bits per heavy atom. The molecule has 2 nitrogen and oxygen atoms in total. The van der Waals surface area contributed by atoms with Crippen LogP contribution >= 0.6 is 0 Å². The Labute approximate surface area is 91.1 Å². The Kier molecular flexibility index (Phi) is 2.27. The third-order valence-corrected chi connectivity index (χ3v) is 3.64. The molecule has 0 bridgehead atoms. The first kappa shape index (κ1) is 10.5. The molecular weight excluding hydrogens is 186 g/mol. The van der Waals surface area contributed by atoms with Gasteiger partial charge < -0.3 is 10.8 Å². The topological polar surface area (TPSA) is 46.2 Å². The first-order chi connectivity index (χ1) is 6.97. The highest BCUT2D eigenvalue weighted by molar-refractivity contribution is 5.50. The van der Waals surface area contributed by atoms with Crippen LogP contribution in [0.1, 0.15) is 36.5 Å². The Hall–Kier alpha value is -1.02. The molecule has 1 aliphatic carbocycles. The summed E-state index contributed by atoms with van der Waals surface area (Å²) >= 11 is 0. The number of phenolic OH excluding ortho intramolecular Hbond substituents is 1. The first-order valence-corrected chi connectivity index (χ1v) is 5.53. The van der Waals surface area contributed by atoms with E-state index in [1.807, 2.05) is 19.9 Å². The van der Waals surface area contributed by atoms with Gasteiger partial charge in [-0.05, 0) is 39.2 Å². The molecule has 2 heteroatoms. The third-order valence-electron chi connectivity index (χ3n) is 3.64. The third kappa shape index (κ3) is 1.53. The minimum atomic E-state index is 0.0425. The minimum Gasteiger partial charge on any atom is -0.507 e. The van der Waals surface area contributed by atoms with Crippen LogP contribution in [-0.2, 0) is 5.41 Å². The summed E-state index contributed by atoms with van der Waals surface area (Å²) in [5.41, 5.74) is 9.27. The Morgan fingerprint density at radius 3 is 2.40 bits per heavy atom. The highest BCUT2D eigenvalue weighted by Crippen LogP contribution is 2.53. The van der Waals surface area contributed by atoms with Gasteiger partial charge in [-0.15, -0.1) is 0 Å². The van der Waals surface area contributed by atoms with E-state index in [1.165, 1.54) is 5.56 Å². The molecule has 0 amide bonds. The molecule has 0 spiro atoms. The predicted molar refractivity (Wildman–Crippen MR) is 62.1 cm³/mol. The molecule has 1 aliphatic rings. The smallest absolute Gasteiger partial charge is 0.122 e. The van der Waals surface area contributed by atoms with E-state index >= 15 is 0 Å². The van der Waals surface area contributed by atoms with Crippen molar-refractivity contribution in [2.75, 3.05) is 0 Å². The molecule has 0 saturated heterocycles. The Morgan fingerprint density at radius 2 is 1.93 bits per heavy atom. The first-order valence-electron chi connectivity index (χ1n) is 5.53. The average molecular weight is 205 g/mol. The highest BCUT2D eigenvalue weighted by atomic mass is 16.3. The van der Waals surface area contributed by atoms with Crippen LogP contribution in [0.25, 0.3) is 0 Å². The molecule has 0 radical (unpaired) electrons. The minimum absolute atomic E-state index is 0.0425. The molecule has 1 saturated carbocycles. The molecule has 1 atom stereocenters. The summed E-state index contributed by atoms with van der Waals surface area (Å²) < 4.78 is 0. The molecule has 15 heavy (non-hydrogen) atoms. The maximum absolute atomic E-state index is 10.1. The summed E-state index contributed by atoms with van der Waals surface area (Å²) in [6.07, 6.45) is 2.20. The van der Waals surface area contributed by atoms with E-state index < -0.39 is 0 Å². The van der Waals surface area contributed by atoms with Gasteiger partial charge in [-0.1, -0.05) is 17.7 Å². The van der Waals surface area contributed by atoms with Crippen LogP contribution in [0.15, 0.2) is 12.1 Å². The maximum Gasteiger partial charge on any atom is 0.122 e. The fraction of sp³-hybridized carbons (Fsp3) is 0.538. The lowest BCUT2D eigenvalue weighted by atomic mass is 9.86. The fourth-order valence-electron chi connectivity index (χ4n) is 2.44. The van der Waals surface area contributed by atoms with E-state index in [0.29, 0.717) is 5.75 Å². The molecule has 82 valence electrons. The van der Waals surface area contributed by atoms with Crippen molar-refractivity contribution in [3.8, 4) is 5.75 Å². The second-order valence-electron chi connectivity index (χ2n) is 4.92. The van der Waals surface area contributed by atoms with Gasteiger partial charge >= 0.3 is 0 Å². The number of rotatable bonds is 2. The van der Waals surface area contributed by atoms with E-state index in [-0.39, 0.29) is 11.5 Å². The van der Waals surface area contributed by atoms with Crippen LogP contribution < -0.4 is 5.73 Å². The second-order valence-corrected chi connectivity index (χ2v) is 4.92. The van der Waals surface area contributed by atoms with E-state index in [0.717, 1.165) is 24.0 Å². The van der Waals surface area contributed by atoms with Gasteiger partial charge in [0, 0.05) is 17.0 Å². The molecule has 0 aliphatic heterocycles. The second kappa shape index (κ2) is 3.24. The molecular formula is C13H19NO. The number of nitrogens with two attached hydrogens (primary N) is 1. The quantitative estimate of drug-likeness (QED) is 0.778. The zero-order valence-electron chi connectivity index (χ0n) is 9.67. The highest BCUT2D eigenvalue weighted by Gasteiger charge is 2.49. The summed E-state index contributed by atoms with van der Waals surface area (Å²) in [5, 5.41) is 10.1. The monoisotopic (exact) mass is 205 g/mol. The zero-order chi connectivity index (χ0) is 11.2. The molecule has 2 rings (SSSR count). The van der Waals surface area contributed by atoms with Crippen molar-refractivity contribution in [2.45, 2.75) is 45.1 Å². The lowest BCUT2D eigenvalue weighted by Gasteiger charge is -2.22. The molecule has 1 unspecified atom stereocenters. The normalized spacial score (nSPS) is 20.0. The standard InChI is InChI=1S/C13H19NO/c1-8-6-9(2)12(15)11(7-8)13(4-5-13)10(3)14/h6-7,10,15H,4-5,14H2,1-3H3. The van der Waals surface area contributed by atoms with Crippen LogP contribution in [-0.4, -0.2) is 11.1 Å². The van der Waals surface area contributed by atoms with Crippen molar-refractivity contribution in [3.05, 3.63) is 28.8 Å². The van der Waals surface area contributed by atoms with Crippen molar-refractivity contribution in [1.82, 2.24) is 0 Å². The lowest BCUT2D eigenvalue weighted by Crippen LogP contribution is -2.31. The summed E-state index contributed by atoms with van der Waals surface area (Å²) in [6, 6.07) is 4.21. The van der Waals surface area contributed by atoms with Crippen LogP contribution in [0, 0.1) is 13.8 Å². The average Bonchev–Trinajstić information content (AvgIpc) is 2.91. The predicted octanol–water partition coefficient (Wildman–Crippen LogP) is 2.39. The van der Waals surface area contributed by atoms with Crippen LogP contribution in [0.4, 0.5) is 0 Å². The van der Waals surface area contributed by atoms with E-state index in [4.69, 9.17) is 5.73 Å². The van der Waals surface area contributed by atoms with Gasteiger partial charge in [0.05, 0.1) is 0 Å². The van der Waals surface area contributed by atoms with Gasteiger partial charge in [-0.2, -0.15) is 0 Å². The van der Waals surface area contributed by atoms with E-state index in [9.17, 15) is 5.11 Å². The number of hydrogen-bond acceptors (Lipinski definition) is 2. The number of benzene rings is 1. The molecule has 1 aromatic carbocycles. The number of hydrogen-bond donors (Lipinski definition) is 2. The van der Waals surface area contributed by atoms with Gasteiger partial charge in [0.1, 0.15) is 5.75 Å². The van der Waals surface area contributed by atoms with Crippen molar-refractivity contribution in [3.63, 3.8) is 0 Å². The van der Waals surface area contributed by atoms with Gasteiger partial charge in [0.25, 0.3) is 0 Å². The van der Waals surface area contributed by atoms with Crippen molar-refractivity contribution in [2.24, 2.45) is 5.73 Å². The number of aromatic hydroxyl groups is 1. The van der Waals surface area contributed by atoms with E-state index in [2.05, 4.69) is 13.0 Å². The van der Waals surface area contributed by atoms with Crippen molar-refractivity contribution in [1.29, 1.82) is 0 Å². The maximum atomic E-state index is 10.1. The summed E-state index contributed by atoms with van der Waals surface area (Å²) in [7, 11) is 0. The summed E-state index contributed by atoms with van der Waals surface area (Å²) in [4.78, 5) is 0. The molecule has 0 aromatic heterocycles. The summed E-state index contributed by atoms with van der Waals surface area (Å²) in [5.74, 6) is 0.440. The fourth-order valence-corrected chi connectivity index (χ4v) is 2.44. The van der Waals surface area contributed by atoms with Crippen LogP contribution in [0.2, 0.25) is 0 Å². The number of phenols is 1. The van der Waals surface area contributed by atoms with Gasteiger partial charge in [-0.3, -0.25) is 0 Å². The van der Waals surface area contributed by atoms with Gasteiger partial charge in [-0.25, -0.2) is 0 Å². The van der Waals surface area contributed by atoms with Crippen LogP contribution in [0.3, 0.4) is 0 Å². The summed E-state index contributed by atoms with van der Waals surface area (Å²) in [6.45, 7) is 6.04. The van der Waals surface area contributed by atoms with Crippen molar-refractivity contribution < 1.29 is 5.11 Å². The number of aryl methyl sites for hydroxylation is 2. The Bertz CT molecular complexity index is 392.